The van der Waals surface area contributed by atoms with E-state index in [4.69, 9.17) is 5.73 Å². The standard InChI is InChI=1S/C17H24N4O3/c1-12-6-8-21(9-7-12)17(24)13-2-4-14(5-3-13)20-16(23)11-19-15(22)10-18/h2-5,12H,6-11,18H2,1H3,(H,19,22)(H,20,23). The van der Waals surface area contributed by atoms with E-state index in [0.29, 0.717) is 17.2 Å². The molecule has 0 aromatic heterocycles. The van der Waals surface area contributed by atoms with E-state index in [2.05, 4.69) is 17.6 Å². The van der Waals surface area contributed by atoms with Crippen molar-refractivity contribution in [3.63, 3.8) is 0 Å². The fourth-order valence-electron chi connectivity index (χ4n) is 2.55. The van der Waals surface area contributed by atoms with Gasteiger partial charge < -0.3 is 21.3 Å². The molecule has 4 N–H and O–H groups in total. The summed E-state index contributed by atoms with van der Waals surface area (Å²) in [6, 6.07) is 6.77. The Labute approximate surface area is 141 Å². The topological polar surface area (TPSA) is 105 Å². The maximum absolute atomic E-state index is 12.4. The molecular weight excluding hydrogens is 308 g/mol. The first-order chi connectivity index (χ1) is 11.5. The average molecular weight is 332 g/mol. The van der Waals surface area contributed by atoms with Crippen molar-refractivity contribution in [3.8, 4) is 0 Å². The van der Waals surface area contributed by atoms with Crippen LogP contribution in [-0.4, -0.2) is 48.8 Å². The Balaban J connectivity index is 1.87. The largest absolute Gasteiger partial charge is 0.346 e. The van der Waals surface area contributed by atoms with Crippen molar-refractivity contribution < 1.29 is 14.4 Å². The molecule has 1 aromatic carbocycles. The van der Waals surface area contributed by atoms with Gasteiger partial charge in [-0.1, -0.05) is 6.92 Å². The van der Waals surface area contributed by atoms with E-state index >= 15 is 0 Å². The molecule has 0 bridgehead atoms. The summed E-state index contributed by atoms with van der Waals surface area (Å²) in [6.45, 7) is 3.50. The van der Waals surface area contributed by atoms with Crippen LogP contribution in [0.3, 0.4) is 0 Å². The first-order valence-corrected chi connectivity index (χ1v) is 8.15. The Morgan fingerprint density at radius 3 is 2.33 bits per heavy atom. The molecule has 7 heteroatoms. The van der Waals surface area contributed by atoms with E-state index < -0.39 is 0 Å². The summed E-state index contributed by atoms with van der Waals surface area (Å²) in [5.41, 5.74) is 6.33. The highest BCUT2D eigenvalue weighted by molar-refractivity contribution is 5.97. The van der Waals surface area contributed by atoms with Gasteiger partial charge in [0.25, 0.3) is 5.91 Å². The number of anilines is 1. The summed E-state index contributed by atoms with van der Waals surface area (Å²) < 4.78 is 0. The molecule has 130 valence electrons. The number of rotatable bonds is 5. The third-order valence-electron chi connectivity index (χ3n) is 4.12. The number of likely N-dealkylation sites (tertiary alicyclic amines) is 1. The number of hydrogen-bond acceptors (Lipinski definition) is 4. The molecule has 1 saturated heterocycles. The van der Waals surface area contributed by atoms with Crippen molar-refractivity contribution in [1.29, 1.82) is 0 Å². The summed E-state index contributed by atoms with van der Waals surface area (Å²) in [5.74, 6) is -0.0378. The second-order valence-electron chi connectivity index (χ2n) is 6.08. The maximum atomic E-state index is 12.4. The lowest BCUT2D eigenvalue weighted by atomic mass is 9.98. The van der Waals surface area contributed by atoms with Crippen molar-refractivity contribution >= 4 is 23.4 Å². The molecule has 1 aromatic rings. The fraction of sp³-hybridized carbons (Fsp3) is 0.471. The van der Waals surface area contributed by atoms with Crippen LogP contribution >= 0.6 is 0 Å². The normalized spacial score (nSPS) is 15.0. The van der Waals surface area contributed by atoms with Crippen LogP contribution in [0.15, 0.2) is 24.3 Å². The predicted octanol–water partition coefficient (Wildman–Crippen LogP) is 0.572. The van der Waals surface area contributed by atoms with Gasteiger partial charge in [0.15, 0.2) is 0 Å². The van der Waals surface area contributed by atoms with Crippen molar-refractivity contribution in [3.05, 3.63) is 29.8 Å². The van der Waals surface area contributed by atoms with Crippen molar-refractivity contribution in [2.45, 2.75) is 19.8 Å². The van der Waals surface area contributed by atoms with Crippen LogP contribution in [-0.2, 0) is 9.59 Å². The first-order valence-electron chi connectivity index (χ1n) is 8.15. The molecule has 0 aliphatic carbocycles. The summed E-state index contributed by atoms with van der Waals surface area (Å²) in [5, 5.41) is 5.05. The first kappa shape index (κ1) is 17.9. The number of carbonyl (C=O) groups excluding carboxylic acids is 3. The molecule has 0 atom stereocenters. The fourth-order valence-corrected chi connectivity index (χ4v) is 2.55. The number of carbonyl (C=O) groups is 3. The van der Waals surface area contributed by atoms with Gasteiger partial charge in [0.2, 0.25) is 11.8 Å². The van der Waals surface area contributed by atoms with E-state index in [-0.39, 0.29) is 30.8 Å². The molecule has 0 saturated carbocycles. The van der Waals surface area contributed by atoms with Gasteiger partial charge in [0.1, 0.15) is 0 Å². The zero-order chi connectivity index (χ0) is 17.5. The summed E-state index contributed by atoms with van der Waals surface area (Å²) >= 11 is 0. The van der Waals surface area contributed by atoms with Gasteiger partial charge in [-0.15, -0.1) is 0 Å². The number of nitrogens with zero attached hydrogens (tertiary/aromatic N) is 1. The molecular formula is C17H24N4O3. The maximum Gasteiger partial charge on any atom is 0.253 e. The van der Waals surface area contributed by atoms with Crippen LogP contribution in [0.4, 0.5) is 5.69 Å². The van der Waals surface area contributed by atoms with Crippen LogP contribution < -0.4 is 16.4 Å². The SMILES string of the molecule is CC1CCN(C(=O)c2ccc(NC(=O)CNC(=O)CN)cc2)CC1. The van der Waals surface area contributed by atoms with E-state index in [9.17, 15) is 14.4 Å². The molecule has 0 unspecified atom stereocenters. The minimum atomic E-state index is -0.387. The van der Waals surface area contributed by atoms with Crippen LogP contribution in [0, 0.1) is 5.92 Å². The smallest absolute Gasteiger partial charge is 0.253 e. The number of piperidine rings is 1. The van der Waals surface area contributed by atoms with E-state index in [1.165, 1.54) is 0 Å². The molecule has 0 radical (unpaired) electrons. The number of amides is 3. The minimum absolute atomic E-state index is 0.0231. The van der Waals surface area contributed by atoms with Crippen LogP contribution in [0.5, 0.6) is 0 Å². The van der Waals surface area contributed by atoms with Crippen molar-refractivity contribution in [2.75, 3.05) is 31.5 Å². The Kier molecular flexibility index (Phi) is 6.31. The molecule has 1 fully saturated rings. The zero-order valence-electron chi connectivity index (χ0n) is 13.9. The third kappa shape index (κ3) is 5.06. The van der Waals surface area contributed by atoms with Gasteiger partial charge in [-0.2, -0.15) is 0 Å². The third-order valence-corrected chi connectivity index (χ3v) is 4.12. The molecule has 1 aliphatic rings. The molecule has 24 heavy (non-hydrogen) atoms. The number of nitrogens with one attached hydrogen (secondary N) is 2. The molecule has 1 aliphatic heterocycles. The molecule has 7 nitrogen and oxygen atoms in total. The predicted molar refractivity (Wildman–Crippen MR) is 91.4 cm³/mol. The van der Waals surface area contributed by atoms with Crippen LogP contribution in [0.25, 0.3) is 0 Å². The van der Waals surface area contributed by atoms with Gasteiger partial charge >= 0.3 is 0 Å². The van der Waals surface area contributed by atoms with Gasteiger partial charge in [0, 0.05) is 24.3 Å². The van der Waals surface area contributed by atoms with Gasteiger partial charge in [-0.05, 0) is 43.0 Å². The zero-order valence-corrected chi connectivity index (χ0v) is 13.9. The highest BCUT2D eigenvalue weighted by Gasteiger charge is 2.21. The minimum Gasteiger partial charge on any atom is -0.346 e. The van der Waals surface area contributed by atoms with E-state index in [0.717, 1.165) is 25.9 Å². The second-order valence-corrected chi connectivity index (χ2v) is 6.08. The lowest BCUT2D eigenvalue weighted by molar-refractivity contribution is -0.123. The lowest BCUT2D eigenvalue weighted by Crippen LogP contribution is -2.38. The quantitative estimate of drug-likeness (QED) is 0.733. The van der Waals surface area contributed by atoms with Gasteiger partial charge in [0.05, 0.1) is 13.1 Å². The van der Waals surface area contributed by atoms with Crippen LogP contribution in [0.2, 0.25) is 0 Å². The summed E-state index contributed by atoms with van der Waals surface area (Å²) in [6.07, 6.45) is 2.07. The highest BCUT2D eigenvalue weighted by atomic mass is 16.2. The van der Waals surface area contributed by atoms with Gasteiger partial charge in [-0.25, -0.2) is 0 Å². The molecule has 2 rings (SSSR count). The Hall–Kier alpha value is -2.41. The van der Waals surface area contributed by atoms with E-state index in [1.807, 2.05) is 4.90 Å². The highest BCUT2D eigenvalue weighted by Crippen LogP contribution is 2.19. The van der Waals surface area contributed by atoms with Crippen LogP contribution in [0.1, 0.15) is 30.1 Å². The summed E-state index contributed by atoms with van der Waals surface area (Å²) in [7, 11) is 0. The van der Waals surface area contributed by atoms with Crippen molar-refractivity contribution in [1.82, 2.24) is 10.2 Å². The number of hydrogen-bond donors (Lipinski definition) is 3. The monoisotopic (exact) mass is 332 g/mol. The Morgan fingerprint density at radius 2 is 1.75 bits per heavy atom. The number of benzene rings is 1. The lowest BCUT2D eigenvalue weighted by Gasteiger charge is -2.30. The number of nitrogens with two attached hydrogens (primary N) is 1. The summed E-state index contributed by atoms with van der Waals surface area (Å²) in [4.78, 5) is 37.0. The Morgan fingerprint density at radius 1 is 1.12 bits per heavy atom. The molecule has 0 spiro atoms. The average Bonchev–Trinajstić information content (AvgIpc) is 2.60. The van der Waals surface area contributed by atoms with E-state index in [1.54, 1.807) is 24.3 Å². The Bertz CT molecular complexity index is 592. The van der Waals surface area contributed by atoms with Crippen molar-refractivity contribution in [2.24, 2.45) is 11.7 Å². The molecule has 1 heterocycles. The molecule has 3 amide bonds. The van der Waals surface area contributed by atoms with Gasteiger partial charge in [-0.3, -0.25) is 14.4 Å². The second kappa shape index (κ2) is 8.44.